The molecule has 148 valence electrons. The number of hydrogen-bond donors (Lipinski definition) is 1. The normalized spacial score (nSPS) is 11.0. The Hall–Kier alpha value is -3.60. The molecule has 0 saturated carbocycles. The minimum Gasteiger partial charge on any atom is -0.387 e. The van der Waals surface area contributed by atoms with E-state index < -0.39 is 11.7 Å². The highest BCUT2D eigenvalue weighted by atomic mass is 32.1. The van der Waals surface area contributed by atoms with E-state index in [4.69, 9.17) is 4.42 Å². The van der Waals surface area contributed by atoms with Crippen molar-refractivity contribution in [2.45, 2.75) is 26.8 Å². The van der Waals surface area contributed by atoms with Crippen LogP contribution in [0.15, 0.2) is 45.7 Å². The van der Waals surface area contributed by atoms with E-state index in [1.54, 1.807) is 10.9 Å². The van der Waals surface area contributed by atoms with Gasteiger partial charge in [-0.3, -0.25) is 10.1 Å². The summed E-state index contributed by atoms with van der Waals surface area (Å²) in [5.41, 5.74) is 2.21. The Balaban J connectivity index is 1.53. The van der Waals surface area contributed by atoms with Crippen LogP contribution in [0.1, 0.15) is 17.6 Å². The molecule has 1 aromatic carbocycles. The van der Waals surface area contributed by atoms with Gasteiger partial charge in [-0.15, -0.1) is 15.3 Å². The second kappa shape index (κ2) is 7.80. The van der Waals surface area contributed by atoms with E-state index in [0.717, 1.165) is 27.5 Å². The SMILES string of the molecule is CCc1nnc(NC(=O)Cn2nc(-c3cnn(-c4ccccc4)c3C)oc2=O)s1. The van der Waals surface area contributed by atoms with Gasteiger partial charge in [0.1, 0.15) is 11.6 Å². The van der Waals surface area contributed by atoms with Crippen LogP contribution in [0.3, 0.4) is 0 Å². The van der Waals surface area contributed by atoms with Gasteiger partial charge in [-0.05, 0) is 25.5 Å². The van der Waals surface area contributed by atoms with Crippen LogP contribution in [-0.2, 0) is 17.8 Å². The molecule has 1 amide bonds. The Morgan fingerprint density at radius 1 is 1.24 bits per heavy atom. The van der Waals surface area contributed by atoms with E-state index in [2.05, 4.69) is 25.7 Å². The lowest BCUT2D eigenvalue weighted by Crippen LogP contribution is -2.25. The zero-order valence-corrected chi connectivity index (χ0v) is 16.5. The monoisotopic (exact) mass is 411 g/mol. The summed E-state index contributed by atoms with van der Waals surface area (Å²) < 4.78 is 7.93. The molecule has 0 bridgehead atoms. The van der Waals surface area contributed by atoms with Crippen molar-refractivity contribution in [1.82, 2.24) is 29.8 Å². The quantitative estimate of drug-likeness (QED) is 0.515. The number of aryl methyl sites for hydroxylation is 1. The van der Waals surface area contributed by atoms with Crippen molar-refractivity contribution in [2.75, 3.05) is 5.32 Å². The molecule has 0 aliphatic carbocycles. The standard InChI is InChI=1S/C18H17N7O3S/c1-3-15-21-22-17(29-15)20-14(26)10-24-18(27)28-16(23-24)13-9-19-25(11(13)2)12-7-5-4-6-8-12/h4-9H,3,10H2,1-2H3,(H,20,22,26). The second-order valence-electron chi connectivity index (χ2n) is 6.12. The van der Waals surface area contributed by atoms with Crippen molar-refractivity contribution in [3.05, 3.63) is 57.8 Å². The zero-order chi connectivity index (χ0) is 20.4. The molecule has 0 aliphatic rings. The first kappa shape index (κ1) is 18.7. The topological polar surface area (TPSA) is 121 Å². The molecule has 0 saturated heterocycles. The van der Waals surface area contributed by atoms with Gasteiger partial charge in [0.2, 0.25) is 11.0 Å². The molecule has 0 spiro atoms. The first-order chi connectivity index (χ1) is 14.0. The first-order valence-corrected chi connectivity index (χ1v) is 9.67. The number of hydrogen-bond acceptors (Lipinski definition) is 8. The largest absolute Gasteiger partial charge is 0.437 e. The number of aromatic nitrogens is 6. The third-order valence-corrected chi connectivity index (χ3v) is 5.14. The van der Waals surface area contributed by atoms with Crippen LogP contribution in [0.2, 0.25) is 0 Å². The Kier molecular flexibility index (Phi) is 5.04. The third-order valence-electron chi connectivity index (χ3n) is 4.16. The number of amides is 1. The maximum atomic E-state index is 12.2. The highest BCUT2D eigenvalue weighted by molar-refractivity contribution is 7.15. The molecule has 11 heteroatoms. The molecule has 3 heterocycles. The van der Waals surface area contributed by atoms with Crippen LogP contribution < -0.4 is 11.1 Å². The molecule has 1 N–H and O–H groups in total. The average molecular weight is 411 g/mol. The van der Waals surface area contributed by atoms with Gasteiger partial charge in [-0.2, -0.15) is 9.78 Å². The highest BCUT2D eigenvalue weighted by Gasteiger charge is 2.18. The van der Waals surface area contributed by atoms with Crippen molar-refractivity contribution < 1.29 is 9.21 Å². The van der Waals surface area contributed by atoms with E-state index in [0.29, 0.717) is 10.7 Å². The summed E-state index contributed by atoms with van der Waals surface area (Å²) in [5, 5.41) is 20.1. The van der Waals surface area contributed by atoms with Crippen LogP contribution in [0.25, 0.3) is 17.1 Å². The average Bonchev–Trinajstić information content (AvgIpc) is 3.42. The van der Waals surface area contributed by atoms with Crippen molar-refractivity contribution in [3.8, 4) is 17.1 Å². The summed E-state index contributed by atoms with van der Waals surface area (Å²) in [5.74, 6) is -1.07. The molecular formula is C18H17N7O3S. The fourth-order valence-electron chi connectivity index (χ4n) is 2.71. The molecular weight excluding hydrogens is 394 g/mol. The molecule has 0 atom stereocenters. The number of nitrogens with one attached hydrogen (secondary N) is 1. The molecule has 3 aromatic heterocycles. The van der Waals surface area contributed by atoms with Crippen LogP contribution >= 0.6 is 11.3 Å². The molecule has 0 aliphatic heterocycles. The summed E-state index contributed by atoms with van der Waals surface area (Å²) in [4.78, 5) is 24.3. The van der Waals surface area contributed by atoms with Gasteiger partial charge >= 0.3 is 5.76 Å². The summed E-state index contributed by atoms with van der Waals surface area (Å²) in [6.07, 6.45) is 2.31. The summed E-state index contributed by atoms with van der Waals surface area (Å²) in [7, 11) is 0. The van der Waals surface area contributed by atoms with Crippen LogP contribution in [0, 0.1) is 6.92 Å². The number of benzene rings is 1. The van der Waals surface area contributed by atoms with E-state index in [9.17, 15) is 9.59 Å². The predicted molar refractivity (Wildman–Crippen MR) is 106 cm³/mol. The zero-order valence-electron chi connectivity index (χ0n) is 15.7. The van der Waals surface area contributed by atoms with E-state index >= 15 is 0 Å². The number of nitrogens with zero attached hydrogens (tertiary/aromatic N) is 6. The highest BCUT2D eigenvalue weighted by Crippen LogP contribution is 2.22. The van der Waals surface area contributed by atoms with Gasteiger partial charge in [-0.1, -0.05) is 36.5 Å². The Morgan fingerprint density at radius 3 is 2.76 bits per heavy atom. The van der Waals surface area contributed by atoms with Gasteiger partial charge < -0.3 is 4.42 Å². The fraction of sp³-hybridized carbons (Fsp3) is 0.222. The Bertz CT molecular complexity index is 1210. The van der Waals surface area contributed by atoms with Crippen LogP contribution in [-0.4, -0.2) is 35.7 Å². The van der Waals surface area contributed by atoms with Crippen LogP contribution in [0.5, 0.6) is 0 Å². The Labute approximate surface area is 168 Å². The van der Waals surface area contributed by atoms with Crippen molar-refractivity contribution >= 4 is 22.4 Å². The van der Waals surface area contributed by atoms with Gasteiger partial charge in [0.05, 0.1) is 23.1 Å². The first-order valence-electron chi connectivity index (χ1n) is 8.85. The van der Waals surface area contributed by atoms with Crippen molar-refractivity contribution in [3.63, 3.8) is 0 Å². The molecule has 29 heavy (non-hydrogen) atoms. The third kappa shape index (κ3) is 3.85. The predicted octanol–water partition coefficient (Wildman–Crippen LogP) is 2.05. The molecule has 10 nitrogen and oxygen atoms in total. The molecule has 4 rings (SSSR count). The van der Waals surface area contributed by atoms with Gasteiger partial charge in [0.15, 0.2) is 0 Å². The van der Waals surface area contributed by atoms with Crippen LogP contribution in [0.4, 0.5) is 5.13 Å². The number of carbonyl (C=O) groups excluding carboxylic acids is 1. The number of para-hydroxylation sites is 1. The van der Waals surface area contributed by atoms with E-state index in [1.807, 2.05) is 44.2 Å². The minimum atomic E-state index is -0.728. The van der Waals surface area contributed by atoms with Gasteiger partial charge in [0.25, 0.3) is 5.89 Å². The number of rotatable bonds is 6. The van der Waals surface area contributed by atoms with Gasteiger partial charge in [-0.25, -0.2) is 9.48 Å². The lowest BCUT2D eigenvalue weighted by Gasteiger charge is -2.03. The Morgan fingerprint density at radius 2 is 2.03 bits per heavy atom. The maximum Gasteiger partial charge on any atom is 0.437 e. The molecule has 4 aromatic rings. The van der Waals surface area contributed by atoms with Crippen molar-refractivity contribution in [2.24, 2.45) is 0 Å². The minimum absolute atomic E-state index is 0.103. The number of anilines is 1. The summed E-state index contributed by atoms with van der Waals surface area (Å²) in [6.45, 7) is 3.50. The number of carbonyl (C=O) groups is 1. The smallest absolute Gasteiger partial charge is 0.387 e. The van der Waals surface area contributed by atoms with E-state index in [-0.39, 0.29) is 12.4 Å². The van der Waals surface area contributed by atoms with Gasteiger partial charge in [0, 0.05) is 0 Å². The van der Waals surface area contributed by atoms with E-state index in [1.165, 1.54) is 11.3 Å². The molecule has 0 unspecified atom stereocenters. The fourth-order valence-corrected chi connectivity index (χ4v) is 3.40. The second-order valence-corrected chi connectivity index (χ2v) is 7.19. The molecule has 0 radical (unpaired) electrons. The molecule has 0 fully saturated rings. The lowest BCUT2D eigenvalue weighted by atomic mass is 10.2. The summed E-state index contributed by atoms with van der Waals surface area (Å²) >= 11 is 1.28. The lowest BCUT2D eigenvalue weighted by molar-refractivity contribution is -0.117. The van der Waals surface area contributed by atoms with Crippen molar-refractivity contribution in [1.29, 1.82) is 0 Å². The maximum absolute atomic E-state index is 12.2. The summed E-state index contributed by atoms with van der Waals surface area (Å²) in [6, 6.07) is 9.57.